The van der Waals surface area contributed by atoms with Gasteiger partial charge in [0.2, 0.25) is 0 Å². The molecule has 0 amide bonds. The third-order valence-corrected chi connectivity index (χ3v) is 5.52. The van der Waals surface area contributed by atoms with E-state index in [4.69, 9.17) is 9.47 Å². The second kappa shape index (κ2) is 10.1. The third-order valence-electron chi connectivity index (χ3n) is 5.52. The van der Waals surface area contributed by atoms with Crippen LogP contribution in [0.4, 0.5) is 0 Å². The lowest BCUT2D eigenvalue weighted by molar-refractivity contribution is 0.238. The fourth-order valence-electron chi connectivity index (χ4n) is 3.72. The van der Waals surface area contributed by atoms with E-state index < -0.39 is 0 Å². The first-order valence-corrected chi connectivity index (χ1v) is 10.7. The highest BCUT2D eigenvalue weighted by molar-refractivity contribution is 5.69. The highest BCUT2D eigenvalue weighted by Gasteiger charge is 2.10. The number of hydrogen-bond donors (Lipinski definition) is 0. The molecule has 0 N–H and O–H groups in total. The molecule has 1 aliphatic rings. The quantitative estimate of drug-likeness (QED) is 0.543. The molecule has 1 fully saturated rings. The average molecular weight is 417 g/mol. The van der Waals surface area contributed by atoms with Crippen molar-refractivity contribution in [2.75, 3.05) is 33.4 Å². The molecule has 1 aliphatic heterocycles. The normalized spacial score (nSPS) is 14.2. The van der Waals surface area contributed by atoms with Crippen LogP contribution in [0.2, 0.25) is 0 Å². The van der Waals surface area contributed by atoms with Gasteiger partial charge in [-0.3, -0.25) is 14.3 Å². The molecule has 0 unspecified atom stereocenters. The predicted molar refractivity (Wildman–Crippen MR) is 125 cm³/mol. The molecule has 0 saturated carbocycles. The van der Waals surface area contributed by atoms with E-state index >= 15 is 0 Å². The number of benzene rings is 2. The molecular formula is C26H28N2O3. The van der Waals surface area contributed by atoms with E-state index in [-0.39, 0.29) is 5.56 Å². The second-order valence-corrected chi connectivity index (χ2v) is 7.67. The van der Waals surface area contributed by atoms with Crippen molar-refractivity contribution in [3.05, 3.63) is 88.3 Å². The number of aromatic nitrogens is 1. The standard InChI is InChI=1S/C26H28N2O3/c1-30-24-10-6-21(7-11-24)4-5-22-14-17-28(26(29)20-22)23-8-12-25(13-9-23)31-19-18-27-15-2-3-16-27/h4-14,17,20H,2-3,15-16,18-19H2,1H3. The van der Waals surface area contributed by atoms with Crippen LogP contribution in [0.5, 0.6) is 11.5 Å². The maximum atomic E-state index is 12.6. The Bertz CT molecular complexity index is 1060. The summed E-state index contributed by atoms with van der Waals surface area (Å²) in [4.78, 5) is 15.0. The van der Waals surface area contributed by atoms with Gasteiger partial charge in [-0.05, 0) is 79.5 Å². The molecule has 5 nitrogen and oxygen atoms in total. The van der Waals surface area contributed by atoms with Crippen molar-refractivity contribution in [3.8, 4) is 17.2 Å². The highest BCUT2D eigenvalue weighted by Crippen LogP contribution is 2.16. The van der Waals surface area contributed by atoms with Crippen molar-refractivity contribution < 1.29 is 9.47 Å². The van der Waals surface area contributed by atoms with Crippen molar-refractivity contribution in [2.45, 2.75) is 12.8 Å². The van der Waals surface area contributed by atoms with E-state index in [1.165, 1.54) is 25.9 Å². The van der Waals surface area contributed by atoms with E-state index in [1.54, 1.807) is 23.9 Å². The maximum Gasteiger partial charge on any atom is 0.255 e. The van der Waals surface area contributed by atoms with Crippen LogP contribution in [0.25, 0.3) is 17.8 Å². The van der Waals surface area contributed by atoms with Gasteiger partial charge in [0.05, 0.1) is 7.11 Å². The molecule has 0 spiro atoms. The average Bonchev–Trinajstić information content (AvgIpc) is 3.32. The summed E-state index contributed by atoms with van der Waals surface area (Å²) in [5, 5.41) is 0. The summed E-state index contributed by atoms with van der Waals surface area (Å²) in [5.41, 5.74) is 2.66. The molecule has 1 saturated heterocycles. The van der Waals surface area contributed by atoms with Crippen LogP contribution in [0.1, 0.15) is 24.0 Å². The molecular weight excluding hydrogens is 388 g/mol. The maximum absolute atomic E-state index is 12.6. The first-order valence-electron chi connectivity index (χ1n) is 10.7. The van der Waals surface area contributed by atoms with Gasteiger partial charge in [-0.15, -0.1) is 0 Å². The Morgan fingerprint density at radius 2 is 1.55 bits per heavy atom. The molecule has 3 aromatic rings. The lowest BCUT2D eigenvalue weighted by atomic mass is 10.1. The van der Waals surface area contributed by atoms with Gasteiger partial charge in [0.15, 0.2) is 0 Å². The molecule has 4 rings (SSSR count). The lowest BCUT2D eigenvalue weighted by Crippen LogP contribution is -2.25. The molecule has 2 heterocycles. The van der Waals surface area contributed by atoms with Gasteiger partial charge in [-0.1, -0.05) is 24.3 Å². The molecule has 0 aliphatic carbocycles. The molecule has 2 aromatic carbocycles. The number of methoxy groups -OCH3 is 1. The molecule has 0 bridgehead atoms. The van der Waals surface area contributed by atoms with Gasteiger partial charge in [0.25, 0.3) is 5.56 Å². The summed E-state index contributed by atoms with van der Waals surface area (Å²) in [6, 6.07) is 19.0. The summed E-state index contributed by atoms with van der Waals surface area (Å²) in [6.07, 6.45) is 8.30. The number of nitrogens with zero attached hydrogens (tertiary/aromatic N) is 2. The highest BCUT2D eigenvalue weighted by atomic mass is 16.5. The van der Waals surface area contributed by atoms with Crippen molar-refractivity contribution in [3.63, 3.8) is 0 Å². The van der Waals surface area contributed by atoms with Crippen LogP contribution in [0.3, 0.4) is 0 Å². The number of pyridine rings is 1. The van der Waals surface area contributed by atoms with Crippen molar-refractivity contribution in [2.24, 2.45) is 0 Å². The molecule has 0 radical (unpaired) electrons. The minimum Gasteiger partial charge on any atom is -0.497 e. The van der Waals surface area contributed by atoms with E-state index in [1.807, 2.05) is 66.7 Å². The van der Waals surface area contributed by atoms with Crippen LogP contribution in [0.15, 0.2) is 71.7 Å². The summed E-state index contributed by atoms with van der Waals surface area (Å²) >= 11 is 0. The number of rotatable bonds is 8. The van der Waals surface area contributed by atoms with E-state index in [0.717, 1.165) is 34.9 Å². The zero-order valence-electron chi connectivity index (χ0n) is 17.9. The Balaban J connectivity index is 1.37. The van der Waals surface area contributed by atoms with Crippen LogP contribution in [-0.4, -0.2) is 42.8 Å². The molecule has 5 heteroatoms. The van der Waals surface area contributed by atoms with E-state index in [9.17, 15) is 4.79 Å². The van der Waals surface area contributed by atoms with Crippen molar-refractivity contribution >= 4 is 12.2 Å². The van der Waals surface area contributed by atoms with Gasteiger partial charge in [-0.25, -0.2) is 0 Å². The fourth-order valence-corrected chi connectivity index (χ4v) is 3.72. The van der Waals surface area contributed by atoms with Gasteiger partial charge in [0.1, 0.15) is 18.1 Å². The number of likely N-dealkylation sites (tertiary alicyclic amines) is 1. The van der Waals surface area contributed by atoms with Gasteiger partial charge in [0, 0.05) is 24.5 Å². The van der Waals surface area contributed by atoms with Crippen molar-refractivity contribution in [1.29, 1.82) is 0 Å². The second-order valence-electron chi connectivity index (χ2n) is 7.67. The van der Waals surface area contributed by atoms with Gasteiger partial charge in [-0.2, -0.15) is 0 Å². The smallest absolute Gasteiger partial charge is 0.255 e. The predicted octanol–water partition coefficient (Wildman–Crippen LogP) is 4.49. The third kappa shape index (κ3) is 5.64. The summed E-state index contributed by atoms with van der Waals surface area (Å²) in [6.45, 7) is 4.01. The van der Waals surface area contributed by atoms with E-state index in [0.29, 0.717) is 6.61 Å². The molecule has 160 valence electrons. The van der Waals surface area contributed by atoms with Crippen LogP contribution >= 0.6 is 0 Å². The van der Waals surface area contributed by atoms with Crippen molar-refractivity contribution in [1.82, 2.24) is 9.47 Å². The Hall–Kier alpha value is -3.31. The monoisotopic (exact) mass is 416 g/mol. The zero-order chi connectivity index (χ0) is 21.5. The molecule has 0 atom stereocenters. The zero-order valence-corrected chi connectivity index (χ0v) is 17.9. The molecule has 31 heavy (non-hydrogen) atoms. The Labute approximate surface area is 183 Å². The topological polar surface area (TPSA) is 43.7 Å². The van der Waals surface area contributed by atoms with Crippen LogP contribution in [0, 0.1) is 0 Å². The largest absolute Gasteiger partial charge is 0.497 e. The number of ether oxygens (including phenoxy) is 2. The summed E-state index contributed by atoms with van der Waals surface area (Å²) < 4.78 is 12.7. The SMILES string of the molecule is COc1ccc(C=Cc2ccn(-c3ccc(OCCN4CCCC4)cc3)c(=O)c2)cc1. The van der Waals surface area contributed by atoms with Gasteiger partial charge < -0.3 is 9.47 Å². The minimum atomic E-state index is -0.0698. The number of hydrogen-bond acceptors (Lipinski definition) is 4. The minimum absolute atomic E-state index is 0.0698. The van der Waals surface area contributed by atoms with Crippen LogP contribution < -0.4 is 15.0 Å². The Morgan fingerprint density at radius 1 is 0.871 bits per heavy atom. The Morgan fingerprint density at radius 3 is 2.23 bits per heavy atom. The Kier molecular flexibility index (Phi) is 6.85. The lowest BCUT2D eigenvalue weighted by Gasteiger charge is -2.15. The van der Waals surface area contributed by atoms with E-state index in [2.05, 4.69) is 4.90 Å². The molecule has 1 aromatic heterocycles. The first kappa shape index (κ1) is 20.9. The van der Waals surface area contributed by atoms with Crippen LogP contribution in [-0.2, 0) is 0 Å². The summed E-state index contributed by atoms with van der Waals surface area (Å²) in [7, 11) is 1.65. The fraction of sp³-hybridized carbons (Fsp3) is 0.269. The first-order chi connectivity index (χ1) is 15.2. The summed E-state index contributed by atoms with van der Waals surface area (Å²) in [5.74, 6) is 1.65. The van der Waals surface area contributed by atoms with Gasteiger partial charge >= 0.3 is 0 Å².